The molecular formula is C17H20O3. The molecule has 2 rings (SSSR count). The lowest BCUT2D eigenvalue weighted by Gasteiger charge is -2.10. The van der Waals surface area contributed by atoms with E-state index >= 15 is 0 Å². The van der Waals surface area contributed by atoms with E-state index in [-0.39, 0.29) is 13.2 Å². The van der Waals surface area contributed by atoms with E-state index in [2.05, 4.69) is 25.1 Å². The number of hydrogen-bond acceptors (Lipinski definition) is 3. The van der Waals surface area contributed by atoms with Crippen LogP contribution in [0.15, 0.2) is 48.5 Å². The van der Waals surface area contributed by atoms with E-state index in [0.717, 1.165) is 6.42 Å². The molecule has 0 aliphatic carbocycles. The highest BCUT2D eigenvalue weighted by molar-refractivity contribution is 5.34. The van der Waals surface area contributed by atoms with Crippen LogP contribution in [-0.4, -0.2) is 29.5 Å². The number of ether oxygens (including phenoxy) is 1. The van der Waals surface area contributed by atoms with Crippen LogP contribution in [0, 0.1) is 6.92 Å². The number of aliphatic hydroxyl groups is 2. The van der Waals surface area contributed by atoms with Gasteiger partial charge in [0, 0.05) is 0 Å². The Morgan fingerprint density at radius 1 is 1.05 bits per heavy atom. The van der Waals surface area contributed by atoms with Gasteiger partial charge in [0.1, 0.15) is 18.5 Å². The molecule has 0 saturated carbocycles. The molecule has 0 amide bonds. The Morgan fingerprint density at radius 3 is 2.40 bits per heavy atom. The van der Waals surface area contributed by atoms with E-state index in [1.165, 1.54) is 16.7 Å². The topological polar surface area (TPSA) is 49.7 Å². The van der Waals surface area contributed by atoms with Gasteiger partial charge in [0.2, 0.25) is 0 Å². The fraction of sp³-hybridized carbons (Fsp3) is 0.294. The minimum absolute atomic E-state index is 0.105. The van der Waals surface area contributed by atoms with E-state index < -0.39 is 6.10 Å². The van der Waals surface area contributed by atoms with Gasteiger partial charge in [-0.25, -0.2) is 0 Å². The number of hydrogen-bond donors (Lipinski definition) is 2. The molecule has 0 bridgehead atoms. The summed E-state index contributed by atoms with van der Waals surface area (Å²) in [5.41, 5.74) is 3.82. The Morgan fingerprint density at radius 2 is 1.75 bits per heavy atom. The third kappa shape index (κ3) is 4.08. The van der Waals surface area contributed by atoms with Crippen LogP contribution in [-0.2, 0) is 6.42 Å². The van der Waals surface area contributed by atoms with Crippen LogP contribution < -0.4 is 4.74 Å². The highest BCUT2D eigenvalue weighted by atomic mass is 16.5. The molecule has 106 valence electrons. The maximum Gasteiger partial charge on any atom is 0.119 e. The van der Waals surface area contributed by atoms with Gasteiger partial charge in [-0.15, -0.1) is 0 Å². The summed E-state index contributed by atoms with van der Waals surface area (Å²) in [4.78, 5) is 0. The molecule has 1 atom stereocenters. The highest BCUT2D eigenvalue weighted by Crippen LogP contribution is 2.17. The molecule has 20 heavy (non-hydrogen) atoms. The number of aryl methyl sites for hydroxylation is 1. The van der Waals surface area contributed by atoms with Crippen molar-refractivity contribution in [2.24, 2.45) is 0 Å². The number of rotatable bonds is 6. The second-order valence-corrected chi connectivity index (χ2v) is 4.89. The van der Waals surface area contributed by atoms with Crippen molar-refractivity contribution in [2.45, 2.75) is 19.4 Å². The lowest BCUT2D eigenvalue weighted by Crippen LogP contribution is -2.21. The zero-order chi connectivity index (χ0) is 14.4. The second-order valence-electron chi connectivity index (χ2n) is 4.89. The predicted molar refractivity (Wildman–Crippen MR) is 79.0 cm³/mol. The minimum atomic E-state index is -0.832. The summed E-state index contributed by atoms with van der Waals surface area (Å²) in [5, 5.41) is 17.9. The third-order valence-electron chi connectivity index (χ3n) is 3.23. The molecule has 2 aromatic rings. The van der Waals surface area contributed by atoms with E-state index in [9.17, 15) is 5.11 Å². The van der Waals surface area contributed by atoms with Gasteiger partial charge in [-0.2, -0.15) is 0 Å². The summed E-state index contributed by atoms with van der Waals surface area (Å²) < 4.78 is 5.38. The lowest BCUT2D eigenvalue weighted by atomic mass is 10.0. The van der Waals surface area contributed by atoms with E-state index in [4.69, 9.17) is 9.84 Å². The monoisotopic (exact) mass is 272 g/mol. The standard InChI is InChI=1S/C17H20O3/c1-13-4-2-3-5-15(13)10-14-6-8-17(9-7-14)20-12-16(19)11-18/h2-9,16,18-19H,10-12H2,1H3. The average molecular weight is 272 g/mol. The normalized spacial score (nSPS) is 12.2. The van der Waals surface area contributed by atoms with Gasteiger partial charge in [-0.05, 0) is 42.2 Å². The van der Waals surface area contributed by atoms with Crippen LogP contribution >= 0.6 is 0 Å². The van der Waals surface area contributed by atoms with Crippen molar-refractivity contribution in [3.8, 4) is 5.75 Å². The van der Waals surface area contributed by atoms with Gasteiger partial charge >= 0.3 is 0 Å². The first-order chi connectivity index (χ1) is 9.69. The zero-order valence-corrected chi connectivity index (χ0v) is 11.6. The summed E-state index contributed by atoms with van der Waals surface area (Å²) in [5.74, 6) is 0.700. The van der Waals surface area contributed by atoms with Crippen LogP contribution in [0.5, 0.6) is 5.75 Å². The Kier molecular flexibility index (Phi) is 5.16. The molecule has 0 heterocycles. The SMILES string of the molecule is Cc1ccccc1Cc1ccc(OCC(O)CO)cc1. The summed E-state index contributed by atoms with van der Waals surface area (Å²) in [6.45, 7) is 1.93. The first kappa shape index (κ1) is 14.6. The van der Waals surface area contributed by atoms with Crippen molar-refractivity contribution < 1.29 is 14.9 Å². The fourth-order valence-electron chi connectivity index (χ4n) is 1.98. The summed E-state index contributed by atoms with van der Waals surface area (Å²) in [6, 6.07) is 16.2. The van der Waals surface area contributed by atoms with Crippen LogP contribution in [0.3, 0.4) is 0 Å². The van der Waals surface area contributed by atoms with Crippen molar-refractivity contribution in [2.75, 3.05) is 13.2 Å². The van der Waals surface area contributed by atoms with E-state index in [1.807, 2.05) is 30.3 Å². The molecule has 3 nitrogen and oxygen atoms in total. The smallest absolute Gasteiger partial charge is 0.119 e. The molecule has 0 spiro atoms. The second kappa shape index (κ2) is 7.08. The predicted octanol–water partition coefficient (Wildman–Crippen LogP) is 2.32. The molecule has 0 aliphatic heterocycles. The largest absolute Gasteiger partial charge is 0.491 e. The fourth-order valence-corrected chi connectivity index (χ4v) is 1.98. The summed E-state index contributed by atoms with van der Waals surface area (Å²) in [7, 11) is 0. The Bertz CT molecular complexity index is 534. The average Bonchev–Trinajstić information content (AvgIpc) is 2.48. The van der Waals surface area contributed by atoms with Crippen molar-refractivity contribution in [1.82, 2.24) is 0 Å². The quantitative estimate of drug-likeness (QED) is 0.848. The van der Waals surface area contributed by atoms with Gasteiger partial charge in [0.15, 0.2) is 0 Å². The molecule has 2 aromatic carbocycles. The summed E-state index contributed by atoms with van der Waals surface area (Å²) >= 11 is 0. The molecule has 3 heteroatoms. The Hall–Kier alpha value is -1.84. The molecule has 0 aromatic heterocycles. The van der Waals surface area contributed by atoms with E-state index in [0.29, 0.717) is 5.75 Å². The third-order valence-corrected chi connectivity index (χ3v) is 3.23. The van der Waals surface area contributed by atoms with Crippen LogP contribution in [0.2, 0.25) is 0 Å². The maximum absolute atomic E-state index is 9.22. The van der Waals surface area contributed by atoms with Crippen molar-refractivity contribution >= 4 is 0 Å². The molecule has 1 unspecified atom stereocenters. The van der Waals surface area contributed by atoms with Gasteiger partial charge in [0.25, 0.3) is 0 Å². The number of aliphatic hydroxyl groups excluding tert-OH is 2. The van der Waals surface area contributed by atoms with Crippen molar-refractivity contribution in [3.63, 3.8) is 0 Å². The minimum Gasteiger partial charge on any atom is -0.491 e. The van der Waals surface area contributed by atoms with E-state index in [1.54, 1.807) is 0 Å². The van der Waals surface area contributed by atoms with Crippen LogP contribution in [0.1, 0.15) is 16.7 Å². The lowest BCUT2D eigenvalue weighted by molar-refractivity contribution is 0.0536. The molecule has 2 N–H and O–H groups in total. The number of benzene rings is 2. The molecule has 0 aliphatic rings. The van der Waals surface area contributed by atoms with Gasteiger partial charge in [-0.1, -0.05) is 36.4 Å². The first-order valence-electron chi connectivity index (χ1n) is 6.74. The Balaban J connectivity index is 1.96. The van der Waals surface area contributed by atoms with Crippen molar-refractivity contribution in [3.05, 3.63) is 65.2 Å². The molecule has 0 radical (unpaired) electrons. The van der Waals surface area contributed by atoms with Gasteiger partial charge in [0.05, 0.1) is 6.61 Å². The zero-order valence-electron chi connectivity index (χ0n) is 11.6. The van der Waals surface area contributed by atoms with Gasteiger partial charge in [-0.3, -0.25) is 0 Å². The van der Waals surface area contributed by atoms with Crippen molar-refractivity contribution in [1.29, 1.82) is 0 Å². The molecule has 0 saturated heterocycles. The Labute approximate surface area is 119 Å². The highest BCUT2D eigenvalue weighted by Gasteiger charge is 2.04. The molecule has 0 fully saturated rings. The maximum atomic E-state index is 9.22. The summed E-state index contributed by atoms with van der Waals surface area (Å²) in [6.07, 6.45) is 0.0632. The van der Waals surface area contributed by atoms with Crippen LogP contribution in [0.4, 0.5) is 0 Å². The molecular weight excluding hydrogens is 252 g/mol. The van der Waals surface area contributed by atoms with Gasteiger partial charge < -0.3 is 14.9 Å². The van der Waals surface area contributed by atoms with Crippen LogP contribution in [0.25, 0.3) is 0 Å². The first-order valence-corrected chi connectivity index (χ1v) is 6.74.